The highest BCUT2D eigenvalue weighted by molar-refractivity contribution is 5.95. The molecule has 0 saturated carbocycles. The molecule has 0 aliphatic carbocycles. The lowest BCUT2D eigenvalue weighted by molar-refractivity contribution is 0.0732. The molecule has 3 heterocycles. The first-order valence-corrected chi connectivity index (χ1v) is 10.8. The van der Waals surface area contributed by atoms with Crippen LogP contribution in [0.1, 0.15) is 52.5 Å². The van der Waals surface area contributed by atoms with Gasteiger partial charge in [0.1, 0.15) is 0 Å². The Bertz CT molecular complexity index is 1270. The number of nitrogens with zero attached hydrogens (tertiary/aromatic N) is 4. The zero-order chi connectivity index (χ0) is 21.5. The van der Waals surface area contributed by atoms with E-state index in [-0.39, 0.29) is 5.91 Å². The Kier molecular flexibility index (Phi) is 4.81. The molecule has 0 saturated heterocycles. The molecule has 2 aromatic carbocycles. The van der Waals surface area contributed by atoms with Gasteiger partial charge in [0.05, 0.1) is 17.5 Å². The van der Waals surface area contributed by atoms with Crippen LogP contribution in [0.3, 0.4) is 0 Å². The monoisotopic (exact) mass is 410 g/mol. The van der Waals surface area contributed by atoms with E-state index in [0.717, 1.165) is 35.4 Å². The molecule has 156 valence electrons. The predicted octanol–water partition coefficient (Wildman–Crippen LogP) is 5.03. The lowest BCUT2D eigenvalue weighted by Crippen LogP contribution is -2.36. The zero-order valence-electron chi connectivity index (χ0n) is 18.2. The first-order valence-electron chi connectivity index (χ1n) is 10.8. The topological polar surface area (TPSA) is 50.5 Å². The number of fused-ring (bicyclic) bond motifs is 2. The molecule has 0 bridgehead atoms. The van der Waals surface area contributed by atoms with Crippen LogP contribution in [-0.4, -0.2) is 31.9 Å². The van der Waals surface area contributed by atoms with Gasteiger partial charge in [-0.3, -0.25) is 4.79 Å². The minimum atomic E-state index is 0.0136. The van der Waals surface area contributed by atoms with E-state index >= 15 is 0 Å². The van der Waals surface area contributed by atoms with Crippen molar-refractivity contribution in [3.63, 3.8) is 0 Å². The van der Waals surface area contributed by atoms with Gasteiger partial charge in [0, 0.05) is 24.8 Å². The highest BCUT2D eigenvalue weighted by Gasteiger charge is 2.24. The summed E-state index contributed by atoms with van der Waals surface area (Å²) in [5.41, 5.74) is 8.12. The third-order valence-corrected chi connectivity index (χ3v) is 6.30. The van der Waals surface area contributed by atoms with Crippen LogP contribution in [0.5, 0.6) is 0 Å². The molecule has 31 heavy (non-hydrogen) atoms. The minimum Gasteiger partial charge on any atom is -0.334 e. The third-order valence-electron chi connectivity index (χ3n) is 6.30. The van der Waals surface area contributed by atoms with Crippen molar-refractivity contribution in [1.29, 1.82) is 0 Å². The van der Waals surface area contributed by atoms with E-state index in [4.69, 9.17) is 0 Å². The molecule has 5 rings (SSSR count). The smallest absolute Gasteiger partial charge is 0.257 e. The Morgan fingerprint density at radius 3 is 2.48 bits per heavy atom. The fourth-order valence-corrected chi connectivity index (χ4v) is 4.35. The van der Waals surface area contributed by atoms with E-state index in [0.29, 0.717) is 18.0 Å². The van der Waals surface area contributed by atoms with Gasteiger partial charge in [0.25, 0.3) is 5.91 Å². The van der Waals surface area contributed by atoms with E-state index in [1.165, 1.54) is 16.7 Å². The largest absolute Gasteiger partial charge is 0.334 e. The van der Waals surface area contributed by atoms with Gasteiger partial charge in [-0.1, -0.05) is 62.4 Å². The molecule has 0 atom stereocenters. The SMILES string of the molecule is Cc1c(C(=O)N2CCc3ccccc3C2)cnc2c(-c3ccc(C(C)C)cc3)cnn12. The Balaban J connectivity index is 1.46. The molecule has 5 heteroatoms. The Morgan fingerprint density at radius 2 is 1.74 bits per heavy atom. The molecule has 4 aromatic rings. The molecule has 0 N–H and O–H groups in total. The van der Waals surface area contributed by atoms with Gasteiger partial charge >= 0.3 is 0 Å². The third kappa shape index (κ3) is 3.40. The molecule has 0 radical (unpaired) electrons. The molecular weight excluding hydrogens is 384 g/mol. The summed E-state index contributed by atoms with van der Waals surface area (Å²) in [7, 11) is 0. The molecule has 0 unspecified atom stereocenters. The van der Waals surface area contributed by atoms with E-state index in [9.17, 15) is 4.79 Å². The maximum atomic E-state index is 13.3. The number of carbonyl (C=O) groups is 1. The predicted molar refractivity (Wildman–Crippen MR) is 122 cm³/mol. The summed E-state index contributed by atoms with van der Waals surface area (Å²) < 4.78 is 1.79. The molecule has 1 amide bonds. The van der Waals surface area contributed by atoms with Crippen LogP contribution in [0, 0.1) is 6.92 Å². The number of amides is 1. The second kappa shape index (κ2) is 7.65. The van der Waals surface area contributed by atoms with Crippen LogP contribution in [0.25, 0.3) is 16.8 Å². The normalized spacial score (nSPS) is 13.6. The van der Waals surface area contributed by atoms with Crippen molar-refractivity contribution in [3.05, 3.63) is 88.9 Å². The number of aromatic nitrogens is 3. The summed E-state index contributed by atoms with van der Waals surface area (Å²) in [4.78, 5) is 19.9. The standard InChI is InChI=1S/C26H26N4O/c1-17(2)19-8-10-21(11-9-19)24-15-28-30-18(3)23(14-27-25(24)30)26(31)29-13-12-20-6-4-5-7-22(20)16-29/h4-11,14-15,17H,12-13,16H2,1-3H3. The zero-order valence-corrected chi connectivity index (χ0v) is 18.2. The van der Waals surface area contributed by atoms with Crippen LogP contribution in [0.2, 0.25) is 0 Å². The van der Waals surface area contributed by atoms with Crippen molar-refractivity contribution in [2.45, 2.75) is 39.7 Å². The summed E-state index contributed by atoms with van der Waals surface area (Å²) in [6.45, 7) is 7.68. The summed E-state index contributed by atoms with van der Waals surface area (Å²) >= 11 is 0. The summed E-state index contributed by atoms with van der Waals surface area (Å²) in [5, 5.41) is 4.56. The first-order chi connectivity index (χ1) is 15.0. The Morgan fingerprint density at radius 1 is 1.00 bits per heavy atom. The fourth-order valence-electron chi connectivity index (χ4n) is 4.35. The number of carbonyl (C=O) groups excluding carboxylic acids is 1. The summed E-state index contributed by atoms with van der Waals surface area (Å²) in [6.07, 6.45) is 4.43. The van der Waals surface area contributed by atoms with Gasteiger partial charge in [-0.15, -0.1) is 0 Å². The minimum absolute atomic E-state index is 0.0136. The van der Waals surface area contributed by atoms with E-state index in [2.05, 4.69) is 66.4 Å². The van der Waals surface area contributed by atoms with Crippen molar-refractivity contribution < 1.29 is 4.79 Å². The number of hydrogen-bond donors (Lipinski definition) is 0. The lowest BCUT2D eigenvalue weighted by atomic mass is 9.99. The van der Waals surface area contributed by atoms with Crippen LogP contribution in [0.15, 0.2) is 60.9 Å². The second-order valence-corrected chi connectivity index (χ2v) is 8.57. The van der Waals surface area contributed by atoms with Crippen molar-refractivity contribution in [2.24, 2.45) is 0 Å². The van der Waals surface area contributed by atoms with Gasteiger partial charge in [-0.2, -0.15) is 5.10 Å². The first kappa shape index (κ1) is 19.5. The molecule has 1 aliphatic rings. The molecule has 0 fully saturated rings. The van der Waals surface area contributed by atoms with Gasteiger partial charge in [-0.05, 0) is 41.5 Å². The highest BCUT2D eigenvalue weighted by Crippen LogP contribution is 2.27. The Hall–Kier alpha value is -3.47. The van der Waals surface area contributed by atoms with E-state index < -0.39 is 0 Å². The van der Waals surface area contributed by atoms with Crippen molar-refractivity contribution in [2.75, 3.05) is 6.54 Å². The number of benzene rings is 2. The average molecular weight is 411 g/mol. The average Bonchev–Trinajstić information content (AvgIpc) is 3.23. The van der Waals surface area contributed by atoms with Crippen LogP contribution in [-0.2, 0) is 13.0 Å². The fraction of sp³-hybridized carbons (Fsp3) is 0.269. The molecule has 0 spiro atoms. The van der Waals surface area contributed by atoms with Crippen LogP contribution < -0.4 is 0 Å². The van der Waals surface area contributed by atoms with Gasteiger partial charge in [0.2, 0.25) is 0 Å². The van der Waals surface area contributed by atoms with E-state index in [1.54, 1.807) is 10.7 Å². The van der Waals surface area contributed by atoms with Gasteiger partial charge in [-0.25, -0.2) is 9.50 Å². The molecule has 1 aliphatic heterocycles. The van der Waals surface area contributed by atoms with Crippen molar-refractivity contribution >= 4 is 11.6 Å². The van der Waals surface area contributed by atoms with Crippen molar-refractivity contribution in [3.8, 4) is 11.1 Å². The number of hydrogen-bond acceptors (Lipinski definition) is 3. The van der Waals surface area contributed by atoms with Gasteiger partial charge in [0.15, 0.2) is 5.65 Å². The van der Waals surface area contributed by atoms with Gasteiger partial charge < -0.3 is 4.90 Å². The number of rotatable bonds is 3. The molecule has 5 nitrogen and oxygen atoms in total. The van der Waals surface area contributed by atoms with Crippen LogP contribution in [0.4, 0.5) is 0 Å². The van der Waals surface area contributed by atoms with E-state index in [1.807, 2.05) is 24.1 Å². The maximum Gasteiger partial charge on any atom is 0.257 e. The maximum absolute atomic E-state index is 13.3. The Labute approximate surface area is 182 Å². The highest BCUT2D eigenvalue weighted by atomic mass is 16.2. The molecule has 2 aromatic heterocycles. The van der Waals surface area contributed by atoms with Crippen molar-refractivity contribution in [1.82, 2.24) is 19.5 Å². The molecular formula is C26H26N4O. The second-order valence-electron chi connectivity index (χ2n) is 8.57. The summed E-state index contributed by atoms with van der Waals surface area (Å²) in [6, 6.07) is 16.9. The summed E-state index contributed by atoms with van der Waals surface area (Å²) in [5.74, 6) is 0.508. The quantitative estimate of drug-likeness (QED) is 0.476. The number of aryl methyl sites for hydroxylation is 1. The van der Waals surface area contributed by atoms with Crippen LogP contribution >= 0.6 is 0 Å². The lowest BCUT2D eigenvalue weighted by Gasteiger charge is -2.29.